The van der Waals surface area contributed by atoms with Crippen molar-refractivity contribution in [2.75, 3.05) is 18.0 Å². The van der Waals surface area contributed by atoms with Crippen LogP contribution in [0.5, 0.6) is 0 Å². The van der Waals surface area contributed by atoms with Gasteiger partial charge in [-0.2, -0.15) is 10.4 Å². The molecule has 8 heteroatoms. The molecule has 1 aliphatic heterocycles. The number of hydrogen-bond donors (Lipinski definition) is 2. The molecule has 1 aliphatic rings. The number of pyridine rings is 2. The van der Waals surface area contributed by atoms with Crippen LogP contribution in [0.25, 0.3) is 11.0 Å². The summed E-state index contributed by atoms with van der Waals surface area (Å²) in [5.74, 6) is 0. The van der Waals surface area contributed by atoms with E-state index in [-0.39, 0.29) is 11.6 Å². The van der Waals surface area contributed by atoms with Crippen molar-refractivity contribution in [2.24, 2.45) is 0 Å². The van der Waals surface area contributed by atoms with E-state index in [2.05, 4.69) is 15.1 Å². The Balaban J connectivity index is 1.86. The average Bonchev–Trinajstić information content (AvgIpc) is 3.31. The van der Waals surface area contributed by atoms with Gasteiger partial charge in [-0.1, -0.05) is 0 Å². The van der Waals surface area contributed by atoms with E-state index >= 15 is 0 Å². The smallest absolute Gasteiger partial charge is 0.268 e. The number of anilines is 1. The Kier molecular flexibility index (Phi) is 3.93. The van der Waals surface area contributed by atoms with Crippen LogP contribution in [0.4, 0.5) is 5.69 Å². The summed E-state index contributed by atoms with van der Waals surface area (Å²) in [6.07, 6.45) is 3.78. The topological polar surface area (TPSA) is 111 Å². The van der Waals surface area contributed by atoms with E-state index in [1.165, 1.54) is 0 Å². The van der Waals surface area contributed by atoms with Crippen LogP contribution in [-0.4, -0.2) is 37.9 Å². The highest BCUT2D eigenvalue weighted by atomic mass is 16.3. The molecule has 4 rings (SSSR count). The highest BCUT2D eigenvalue weighted by Gasteiger charge is 2.29. The first-order chi connectivity index (χ1) is 12.6. The monoisotopic (exact) mass is 350 g/mol. The SMILES string of the molecule is CC(O)c1ccc2[nH]c(=O)c(C#N)c(N3CC[C@@H](n4cccn4)C3)c2n1. The molecule has 1 fully saturated rings. The number of aromatic nitrogens is 4. The predicted molar refractivity (Wildman–Crippen MR) is 95.8 cm³/mol. The highest BCUT2D eigenvalue weighted by Crippen LogP contribution is 2.32. The number of hydrogen-bond acceptors (Lipinski definition) is 6. The Bertz CT molecular complexity index is 1050. The molecule has 0 aromatic carbocycles. The van der Waals surface area contributed by atoms with Gasteiger partial charge in [-0.3, -0.25) is 9.48 Å². The van der Waals surface area contributed by atoms with Crippen LogP contribution in [-0.2, 0) is 0 Å². The normalized spacial score (nSPS) is 18.2. The van der Waals surface area contributed by atoms with Crippen LogP contribution < -0.4 is 10.5 Å². The summed E-state index contributed by atoms with van der Waals surface area (Å²) in [4.78, 5) is 21.6. The zero-order chi connectivity index (χ0) is 18.3. The lowest BCUT2D eigenvalue weighted by atomic mass is 10.1. The number of rotatable bonds is 3. The summed E-state index contributed by atoms with van der Waals surface area (Å²) in [5, 5.41) is 23.7. The van der Waals surface area contributed by atoms with Crippen LogP contribution in [0.1, 0.15) is 36.7 Å². The maximum absolute atomic E-state index is 12.4. The van der Waals surface area contributed by atoms with Gasteiger partial charge in [0, 0.05) is 25.5 Å². The quantitative estimate of drug-likeness (QED) is 0.740. The summed E-state index contributed by atoms with van der Waals surface area (Å²) < 4.78 is 1.90. The number of aliphatic hydroxyl groups excluding tert-OH is 1. The molecule has 26 heavy (non-hydrogen) atoms. The Morgan fingerprint density at radius 2 is 2.31 bits per heavy atom. The third-order valence-corrected chi connectivity index (χ3v) is 4.77. The second kappa shape index (κ2) is 6.28. The number of aliphatic hydroxyl groups is 1. The Morgan fingerprint density at radius 1 is 1.46 bits per heavy atom. The molecule has 8 nitrogen and oxygen atoms in total. The van der Waals surface area contributed by atoms with E-state index in [1.54, 1.807) is 25.3 Å². The standard InChI is InChI=1S/C18H18N6O2/c1-11(25)14-3-4-15-16(21-14)17(13(9-19)18(26)22-15)23-8-5-12(10-23)24-7-2-6-20-24/h2-4,6-7,11-12,25H,5,8,10H2,1H3,(H,22,26)/t11?,12-/m1/s1. The summed E-state index contributed by atoms with van der Waals surface area (Å²) in [5.41, 5.74) is 1.73. The van der Waals surface area contributed by atoms with Crippen molar-refractivity contribution in [1.29, 1.82) is 5.26 Å². The molecule has 3 aromatic rings. The van der Waals surface area contributed by atoms with Gasteiger partial charge in [0.05, 0.1) is 29.0 Å². The molecule has 0 amide bonds. The van der Waals surface area contributed by atoms with Gasteiger partial charge in [-0.05, 0) is 31.5 Å². The molecule has 0 spiro atoms. The van der Waals surface area contributed by atoms with Crippen molar-refractivity contribution in [2.45, 2.75) is 25.5 Å². The van der Waals surface area contributed by atoms with E-state index in [1.807, 2.05) is 27.9 Å². The van der Waals surface area contributed by atoms with Crippen LogP contribution in [0.3, 0.4) is 0 Å². The summed E-state index contributed by atoms with van der Waals surface area (Å²) >= 11 is 0. The van der Waals surface area contributed by atoms with Crippen molar-refractivity contribution in [3.63, 3.8) is 0 Å². The molecule has 2 atom stereocenters. The van der Waals surface area contributed by atoms with Crippen molar-refractivity contribution < 1.29 is 5.11 Å². The van der Waals surface area contributed by atoms with Gasteiger partial charge < -0.3 is 15.0 Å². The van der Waals surface area contributed by atoms with E-state index < -0.39 is 11.7 Å². The molecule has 0 bridgehead atoms. The number of fused-ring (bicyclic) bond motifs is 1. The lowest BCUT2D eigenvalue weighted by Crippen LogP contribution is -2.26. The van der Waals surface area contributed by atoms with Crippen molar-refractivity contribution in [1.82, 2.24) is 19.7 Å². The van der Waals surface area contributed by atoms with Gasteiger partial charge in [0.2, 0.25) is 0 Å². The maximum Gasteiger partial charge on any atom is 0.268 e. The van der Waals surface area contributed by atoms with Gasteiger partial charge in [-0.15, -0.1) is 0 Å². The largest absolute Gasteiger partial charge is 0.387 e. The van der Waals surface area contributed by atoms with Crippen LogP contribution in [0.15, 0.2) is 35.4 Å². The predicted octanol–water partition coefficient (Wildman–Crippen LogP) is 1.50. The highest BCUT2D eigenvalue weighted by molar-refractivity contribution is 5.91. The van der Waals surface area contributed by atoms with Crippen molar-refractivity contribution in [3.05, 3.63) is 52.2 Å². The molecule has 4 heterocycles. The molecular formula is C18H18N6O2. The second-order valence-corrected chi connectivity index (χ2v) is 6.47. The van der Waals surface area contributed by atoms with E-state index in [4.69, 9.17) is 0 Å². The van der Waals surface area contributed by atoms with Crippen LogP contribution >= 0.6 is 0 Å². The number of H-pyrrole nitrogens is 1. The Morgan fingerprint density at radius 3 is 3.00 bits per heavy atom. The Labute approximate surface area is 149 Å². The maximum atomic E-state index is 12.4. The summed E-state index contributed by atoms with van der Waals surface area (Å²) in [6, 6.07) is 7.47. The minimum absolute atomic E-state index is 0.0499. The van der Waals surface area contributed by atoms with E-state index in [0.717, 1.165) is 6.42 Å². The molecule has 132 valence electrons. The van der Waals surface area contributed by atoms with Crippen molar-refractivity contribution >= 4 is 16.7 Å². The minimum Gasteiger partial charge on any atom is -0.387 e. The molecule has 1 unspecified atom stereocenters. The zero-order valence-corrected chi connectivity index (χ0v) is 14.3. The van der Waals surface area contributed by atoms with Crippen LogP contribution in [0, 0.1) is 11.3 Å². The molecule has 1 saturated heterocycles. The lowest BCUT2D eigenvalue weighted by Gasteiger charge is -2.21. The summed E-state index contributed by atoms with van der Waals surface area (Å²) in [6.45, 7) is 2.96. The van der Waals surface area contributed by atoms with E-state index in [9.17, 15) is 15.2 Å². The third-order valence-electron chi connectivity index (χ3n) is 4.77. The van der Waals surface area contributed by atoms with Crippen LogP contribution in [0.2, 0.25) is 0 Å². The van der Waals surface area contributed by atoms with Gasteiger partial charge in [0.1, 0.15) is 17.1 Å². The minimum atomic E-state index is -0.736. The fourth-order valence-corrected chi connectivity index (χ4v) is 3.47. The molecule has 0 aliphatic carbocycles. The summed E-state index contributed by atoms with van der Waals surface area (Å²) in [7, 11) is 0. The molecule has 3 aromatic heterocycles. The fourth-order valence-electron chi connectivity index (χ4n) is 3.47. The number of nitrogens with zero attached hydrogens (tertiary/aromatic N) is 5. The Hall–Kier alpha value is -3.18. The molecule has 0 radical (unpaired) electrons. The first-order valence-electron chi connectivity index (χ1n) is 8.47. The van der Waals surface area contributed by atoms with Gasteiger partial charge in [0.25, 0.3) is 5.56 Å². The fraction of sp³-hybridized carbons (Fsp3) is 0.333. The van der Waals surface area contributed by atoms with Gasteiger partial charge >= 0.3 is 0 Å². The molecular weight excluding hydrogens is 332 g/mol. The zero-order valence-electron chi connectivity index (χ0n) is 14.3. The second-order valence-electron chi connectivity index (χ2n) is 6.47. The lowest BCUT2D eigenvalue weighted by molar-refractivity contribution is 0.195. The van der Waals surface area contributed by atoms with Gasteiger partial charge in [-0.25, -0.2) is 4.98 Å². The van der Waals surface area contributed by atoms with Gasteiger partial charge in [0.15, 0.2) is 0 Å². The molecule has 2 N–H and O–H groups in total. The number of nitrogens with one attached hydrogen (secondary N) is 1. The van der Waals surface area contributed by atoms with E-state index in [0.29, 0.717) is 35.5 Å². The third kappa shape index (κ3) is 2.62. The number of aromatic amines is 1. The first-order valence-corrected chi connectivity index (χ1v) is 8.47. The average molecular weight is 350 g/mol. The van der Waals surface area contributed by atoms with Crippen molar-refractivity contribution in [3.8, 4) is 6.07 Å². The number of nitriles is 1. The first kappa shape index (κ1) is 16.3. The molecule has 0 saturated carbocycles.